The lowest BCUT2D eigenvalue weighted by atomic mass is 9.95. The van der Waals surface area contributed by atoms with Crippen molar-refractivity contribution in [3.63, 3.8) is 0 Å². The molecule has 0 radical (unpaired) electrons. The number of fused-ring (bicyclic) bond motifs is 1. The van der Waals surface area contributed by atoms with Gasteiger partial charge in [-0.3, -0.25) is 14.3 Å². The van der Waals surface area contributed by atoms with E-state index in [0.717, 1.165) is 16.8 Å². The molecule has 7 nitrogen and oxygen atoms in total. The molecule has 5 rings (SSSR count). The van der Waals surface area contributed by atoms with Gasteiger partial charge in [0.1, 0.15) is 5.56 Å². The van der Waals surface area contributed by atoms with Gasteiger partial charge >= 0.3 is 0 Å². The van der Waals surface area contributed by atoms with E-state index in [-0.39, 0.29) is 11.5 Å². The monoisotopic (exact) mass is 397 g/mol. The molecule has 2 aromatic heterocycles. The van der Waals surface area contributed by atoms with E-state index in [1.165, 1.54) is 0 Å². The summed E-state index contributed by atoms with van der Waals surface area (Å²) in [5, 5.41) is 11.1. The number of nitrogens with one attached hydrogen (secondary N) is 1. The van der Waals surface area contributed by atoms with Crippen LogP contribution in [-0.2, 0) is 13.1 Å². The summed E-state index contributed by atoms with van der Waals surface area (Å²) >= 11 is 0. The zero-order valence-corrected chi connectivity index (χ0v) is 16.2. The predicted octanol–water partition coefficient (Wildman–Crippen LogP) is 2.96. The average molecular weight is 397 g/mol. The summed E-state index contributed by atoms with van der Waals surface area (Å²) in [6.45, 7) is 1.50. The number of benzene rings is 2. The maximum absolute atomic E-state index is 13.6. The number of H-pyrrole nitrogens is 1. The first kappa shape index (κ1) is 18.1. The van der Waals surface area contributed by atoms with Gasteiger partial charge in [0.05, 0.1) is 24.5 Å². The van der Waals surface area contributed by atoms with Gasteiger partial charge in [0, 0.05) is 23.9 Å². The van der Waals surface area contributed by atoms with Crippen LogP contribution < -0.4 is 5.56 Å². The fourth-order valence-corrected chi connectivity index (χ4v) is 3.86. The topological polar surface area (TPSA) is 83.9 Å². The maximum Gasteiger partial charge on any atom is 0.277 e. The van der Waals surface area contributed by atoms with Crippen molar-refractivity contribution in [3.05, 3.63) is 94.5 Å². The van der Waals surface area contributed by atoms with Crippen LogP contribution in [0, 0.1) is 0 Å². The molecule has 148 valence electrons. The minimum atomic E-state index is -0.488. The highest BCUT2D eigenvalue weighted by Gasteiger charge is 2.29. The van der Waals surface area contributed by atoms with E-state index in [0.29, 0.717) is 30.9 Å². The number of rotatable bonds is 3. The molecule has 30 heavy (non-hydrogen) atoms. The first-order chi connectivity index (χ1) is 14.7. The number of nitrogens with zero attached hydrogens (tertiary/aromatic N) is 4. The lowest BCUT2D eigenvalue weighted by Crippen LogP contribution is -2.41. The molecule has 0 fully saturated rings. The molecule has 0 bridgehead atoms. The van der Waals surface area contributed by atoms with Crippen LogP contribution in [0.4, 0.5) is 0 Å². The smallest absolute Gasteiger partial charge is 0.277 e. The fraction of sp³-hybridized carbons (Fsp3) is 0.130. The molecular formula is C23H19N5O2. The van der Waals surface area contributed by atoms with Crippen LogP contribution in [-0.4, -0.2) is 37.3 Å². The summed E-state index contributed by atoms with van der Waals surface area (Å²) in [7, 11) is 0. The molecule has 1 amide bonds. The summed E-state index contributed by atoms with van der Waals surface area (Å²) in [6.07, 6.45) is 1.73. The quantitative estimate of drug-likeness (QED) is 0.576. The number of hydrogen-bond acceptors (Lipinski definition) is 4. The molecule has 1 aliphatic rings. The first-order valence-electron chi connectivity index (χ1n) is 9.76. The van der Waals surface area contributed by atoms with Gasteiger partial charge in [0.2, 0.25) is 0 Å². The van der Waals surface area contributed by atoms with Crippen LogP contribution in [0.25, 0.3) is 22.4 Å². The van der Waals surface area contributed by atoms with Crippen molar-refractivity contribution in [2.24, 2.45) is 0 Å². The number of aromatic amines is 1. The highest BCUT2D eigenvalue weighted by molar-refractivity contribution is 6.03. The third kappa shape index (κ3) is 3.10. The standard InChI is InChI=1S/C23H19N5O2/c29-22-20(23(30)27-13-14-28-18(15-27)11-12-24-28)19(16-7-3-1-4-8-16)21(25-26-22)17-9-5-2-6-10-17/h1-12H,13-15H2,(H,26,29). The van der Waals surface area contributed by atoms with Crippen molar-refractivity contribution >= 4 is 5.91 Å². The van der Waals surface area contributed by atoms with Crippen molar-refractivity contribution < 1.29 is 4.79 Å². The lowest BCUT2D eigenvalue weighted by molar-refractivity contribution is 0.0705. The molecule has 4 aromatic rings. The van der Waals surface area contributed by atoms with E-state index >= 15 is 0 Å². The summed E-state index contributed by atoms with van der Waals surface area (Å²) in [6, 6.07) is 20.9. The van der Waals surface area contributed by atoms with Crippen molar-refractivity contribution in [3.8, 4) is 22.4 Å². The van der Waals surface area contributed by atoms with Crippen LogP contribution >= 0.6 is 0 Å². The zero-order valence-electron chi connectivity index (χ0n) is 16.2. The normalized spacial score (nSPS) is 13.1. The van der Waals surface area contributed by atoms with Crippen LogP contribution in [0.5, 0.6) is 0 Å². The minimum absolute atomic E-state index is 0.114. The number of hydrogen-bond donors (Lipinski definition) is 1. The molecule has 1 N–H and O–H groups in total. The molecule has 0 atom stereocenters. The van der Waals surface area contributed by atoms with E-state index in [1.54, 1.807) is 11.1 Å². The maximum atomic E-state index is 13.6. The Bertz CT molecular complexity index is 1260. The van der Waals surface area contributed by atoms with Crippen molar-refractivity contribution in [1.82, 2.24) is 24.9 Å². The van der Waals surface area contributed by atoms with Gasteiger partial charge in [-0.05, 0) is 11.6 Å². The zero-order chi connectivity index (χ0) is 20.5. The molecule has 0 unspecified atom stereocenters. The van der Waals surface area contributed by atoms with Crippen LogP contribution in [0.15, 0.2) is 77.7 Å². The molecule has 7 heteroatoms. The SMILES string of the molecule is O=C(c1c(-c2ccccc2)c(-c2ccccc2)n[nH]c1=O)N1CCn2nccc2C1. The van der Waals surface area contributed by atoms with E-state index < -0.39 is 5.56 Å². The Labute approximate surface area is 172 Å². The molecule has 1 aliphatic heterocycles. The van der Waals surface area contributed by atoms with Gasteiger partial charge in [0.25, 0.3) is 11.5 Å². The molecule has 3 heterocycles. The van der Waals surface area contributed by atoms with Crippen LogP contribution in [0.1, 0.15) is 16.1 Å². The largest absolute Gasteiger partial charge is 0.331 e. The average Bonchev–Trinajstić information content (AvgIpc) is 3.27. The molecular weight excluding hydrogens is 378 g/mol. The Hall–Kier alpha value is -4.00. The summed E-state index contributed by atoms with van der Waals surface area (Å²) in [5.74, 6) is -0.304. The van der Waals surface area contributed by atoms with Gasteiger partial charge < -0.3 is 4.90 Å². The summed E-state index contributed by atoms with van der Waals surface area (Å²) < 4.78 is 1.88. The third-order valence-electron chi connectivity index (χ3n) is 5.33. The summed E-state index contributed by atoms with van der Waals surface area (Å²) in [5.41, 5.74) is 3.31. The minimum Gasteiger partial charge on any atom is -0.331 e. The molecule has 0 saturated heterocycles. The fourth-order valence-electron chi connectivity index (χ4n) is 3.86. The van der Waals surface area contributed by atoms with E-state index in [4.69, 9.17) is 0 Å². The predicted molar refractivity (Wildman–Crippen MR) is 113 cm³/mol. The molecule has 0 spiro atoms. The third-order valence-corrected chi connectivity index (χ3v) is 5.33. The van der Waals surface area contributed by atoms with Gasteiger partial charge in [-0.2, -0.15) is 10.2 Å². The van der Waals surface area contributed by atoms with Gasteiger partial charge in [-0.1, -0.05) is 60.7 Å². The first-order valence-corrected chi connectivity index (χ1v) is 9.76. The van der Waals surface area contributed by atoms with Crippen molar-refractivity contribution in [1.29, 1.82) is 0 Å². The molecule has 2 aromatic carbocycles. The van der Waals surface area contributed by atoms with Crippen molar-refractivity contribution in [2.45, 2.75) is 13.1 Å². The molecule has 0 aliphatic carbocycles. The second-order valence-corrected chi connectivity index (χ2v) is 7.16. The highest BCUT2D eigenvalue weighted by Crippen LogP contribution is 2.32. The Morgan fingerprint density at radius 3 is 2.33 bits per heavy atom. The number of carbonyl (C=O) groups is 1. The Kier molecular flexibility index (Phi) is 4.48. The van der Waals surface area contributed by atoms with E-state index in [9.17, 15) is 9.59 Å². The van der Waals surface area contributed by atoms with Gasteiger partial charge in [-0.15, -0.1) is 0 Å². The van der Waals surface area contributed by atoms with Crippen LogP contribution in [0.2, 0.25) is 0 Å². The molecule has 0 saturated carbocycles. The lowest BCUT2D eigenvalue weighted by Gasteiger charge is -2.28. The van der Waals surface area contributed by atoms with E-state index in [2.05, 4.69) is 15.3 Å². The second-order valence-electron chi connectivity index (χ2n) is 7.16. The second kappa shape index (κ2) is 7.44. The van der Waals surface area contributed by atoms with Gasteiger partial charge in [0.15, 0.2) is 0 Å². The summed E-state index contributed by atoms with van der Waals surface area (Å²) in [4.78, 5) is 28.2. The highest BCUT2D eigenvalue weighted by atomic mass is 16.2. The van der Waals surface area contributed by atoms with Crippen molar-refractivity contribution in [2.75, 3.05) is 6.54 Å². The van der Waals surface area contributed by atoms with E-state index in [1.807, 2.05) is 71.4 Å². The Morgan fingerprint density at radius 1 is 0.900 bits per heavy atom. The Morgan fingerprint density at radius 2 is 1.60 bits per heavy atom. The Balaban J connectivity index is 1.68. The number of aromatic nitrogens is 4. The number of amides is 1. The van der Waals surface area contributed by atoms with Gasteiger partial charge in [-0.25, -0.2) is 5.10 Å². The number of carbonyl (C=O) groups excluding carboxylic acids is 1. The van der Waals surface area contributed by atoms with Crippen LogP contribution in [0.3, 0.4) is 0 Å².